The summed E-state index contributed by atoms with van der Waals surface area (Å²) >= 11 is 11.8. The summed E-state index contributed by atoms with van der Waals surface area (Å²) in [6.07, 6.45) is -2.61. The molecule has 0 bridgehead atoms. The molecule has 1 aromatic rings. The van der Waals surface area contributed by atoms with Gasteiger partial charge in [-0.2, -0.15) is 0 Å². The minimum Gasteiger partial charge on any atom is -0.240 e. The van der Waals surface area contributed by atoms with Gasteiger partial charge in [0.2, 0.25) is 0 Å². The molecule has 0 spiro atoms. The van der Waals surface area contributed by atoms with Gasteiger partial charge in [-0.05, 0) is 22.0 Å². The van der Waals surface area contributed by atoms with Crippen molar-refractivity contribution < 1.29 is 8.78 Å². The van der Waals surface area contributed by atoms with Crippen LogP contribution in [0, 0.1) is 0 Å². The van der Waals surface area contributed by atoms with E-state index in [1.165, 1.54) is 6.07 Å². The lowest BCUT2D eigenvalue weighted by atomic mass is 10.2. The first kappa shape index (κ1) is 11.3. The van der Waals surface area contributed by atoms with Gasteiger partial charge in [-0.25, -0.2) is 13.8 Å². The van der Waals surface area contributed by atoms with Crippen LogP contribution >= 0.6 is 43.5 Å². The standard InChI is InChI=1S/C7H4Br2ClF2N/c8-2-3-4(10)1-5(9)13-6(3)7(11)12/h1,7H,2H2. The monoisotopic (exact) mass is 333 g/mol. The van der Waals surface area contributed by atoms with E-state index in [0.717, 1.165) is 0 Å². The molecular weight excluding hydrogens is 331 g/mol. The van der Waals surface area contributed by atoms with Crippen LogP contribution in [0.3, 0.4) is 0 Å². The third-order valence-corrected chi connectivity index (χ3v) is 2.72. The SMILES string of the molecule is FC(F)c1nc(Br)cc(Cl)c1CBr. The number of halogens is 5. The molecule has 0 aromatic carbocycles. The molecule has 0 fully saturated rings. The molecule has 1 rings (SSSR count). The summed E-state index contributed by atoms with van der Waals surface area (Å²) in [6.45, 7) is 0. The Bertz CT molecular complexity index is 320. The van der Waals surface area contributed by atoms with Gasteiger partial charge in [-0.3, -0.25) is 0 Å². The fourth-order valence-electron chi connectivity index (χ4n) is 0.842. The molecule has 0 saturated heterocycles. The molecule has 0 saturated carbocycles. The van der Waals surface area contributed by atoms with Crippen LogP contribution in [-0.4, -0.2) is 4.98 Å². The molecule has 72 valence electrons. The van der Waals surface area contributed by atoms with E-state index in [2.05, 4.69) is 36.8 Å². The van der Waals surface area contributed by atoms with Crippen LogP contribution in [0.2, 0.25) is 5.02 Å². The molecule has 0 unspecified atom stereocenters. The zero-order chi connectivity index (χ0) is 10.0. The van der Waals surface area contributed by atoms with Crippen molar-refractivity contribution in [2.75, 3.05) is 0 Å². The van der Waals surface area contributed by atoms with Crippen molar-refractivity contribution in [2.45, 2.75) is 11.8 Å². The van der Waals surface area contributed by atoms with E-state index in [1.54, 1.807) is 0 Å². The molecule has 0 aliphatic heterocycles. The Morgan fingerprint density at radius 3 is 2.62 bits per heavy atom. The highest BCUT2D eigenvalue weighted by Crippen LogP contribution is 2.30. The Kier molecular flexibility index (Phi) is 4.06. The molecule has 0 aliphatic carbocycles. The van der Waals surface area contributed by atoms with Crippen molar-refractivity contribution in [3.05, 3.63) is 26.9 Å². The molecule has 0 amide bonds. The van der Waals surface area contributed by atoms with Crippen LogP contribution in [0.25, 0.3) is 0 Å². The fraction of sp³-hybridized carbons (Fsp3) is 0.286. The second-order valence-electron chi connectivity index (χ2n) is 2.22. The van der Waals surface area contributed by atoms with Gasteiger partial charge in [0.1, 0.15) is 10.3 Å². The topological polar surface area (TPSA) is 12.9 Å². The van der Waals surface area contributed by atoms with Crippen molar-refractivity contribution in [1.82, 2.24) is 4.98 Å². The molecule has 1 heterocycles. The smallest absolute Gasteiger partial charge is 0.240 e. The van der Waals surface area contributed by atoms with Crippen LogP contribution in [-0.2, 0) is 5.33 Å². The van der Waals surface area contributed by atoms with Crippen LogP contribution in [0.5, 0.6) is 0 Å². The Balaban J connectivity index is 3.29. The first-order valence-electron chi connectivity index (χ1n) is 3.25. The van der Waals surface area contributed by atoms with Gasteiger partial charge in [-0.1, -0.05) is 27.5 Å². The van der Waals surface area contributed by atoms with Crippen molar-refractivity contribution >= 4 is 43.5 Å². The number of aromatic nitrogens is 1. The van der Waals surface area contributed by atoms with Gasteiger partial charge in [0, 0.05) is 15.9 Å². The van der Waals surface area contributed by atoms with Crippen molar-refractivity contribution in [2.24, 2.45) is 0 Å². The summed E-state index contributed by atoms with van der Waals surface area (Å²) in [4.78, 5) is 3.66. The van der Waals surface area contributed by atoms with Gasteiger partial charge in [0.05, 0.1) is 0 Å². The van der Waals surface area contributed by atoms with E-state index in [4.69, 9.17) is 11.6 Å². The summed E-state index contributed by atoms with van der Waals surface area (Å²) in [5.74, 6) is 0. The first-order chi connectivity index (χ1) is 6.06. The number of hydrogen-bond donors (Lipinski definition) is 0. The lowest BCUT2D eigenvalue weighted by molar-refractivity contribution is 0.145. The third kappa shape index (κ3) is 2.60. The van der Waals surface area contributed by atoms with E-state index in [0.29, 0.717) is 10.2 Å². The number of rotatable bonds is 2. The fourth-order valence-corrected chi connectivity index (χ4v) is 2.41. The first-order valence-corrected chi connectivity index (χ1v) is 5.54. The van der Waals surface area contributed by atoms with Crippen molar-refractivity contribution in [3.63, 3.8) is 0 Å². The molecule has 1 nitrogen and oxygen atoms in total. The maximum Gasteiger partial charge on any atom is 0.280 e. The Labute approximate surface area is 95.8 Å². The minimum absolute atomic E-state index is 0.270. The maximum atomic E-state index is 12.4. The summed E-state index contributed by atoms with van der Waals surface area (Å²) in [6, 6.07) is 1.49. The van der Waals surface area contributed by atoms with Crippen LogP contribution in [0.1, 0.15) is 17.7 Å². The quantitative estimate of drug-likeness (QED) is 0.579. The lowest BCUT2D eigenvalue weighted by Crippen LogP contribution is -1.98. The van der Waals surface area contributed by atoms with Gasteiger partial charge in [-0.15, -0.1) is 0 Å². The molecule has 0 atom stereocenters. The second kappa shape index (κ2) is 4.66. The molecule has 1 aromatic heterocycles. The molecule has 0 N–H and O–H groups in total. The predicted molar refractivity (Wildman–Crippen MR) is 54.5 cm³/mol. The minimum atomic E-state index is -2.61. The highest BCUT2D eigenvalue weighted by Gasteiger charge is 2.17. The third-order valence-electron chi connectivity index (χ3n) is 1.41. The van der Waals surface area contributed by atoms with Crippen molar-refractivity contribution in [3.8, 4) is 0 Å². The van der Waals surface area contributed by atoms with E-state index in [1.807, 2.05) is 0 Å². The molecular formula is C7H4Br2ClF2N. The van der Waals surface area contributed by atoms with Gasteiger partial charge in [0.25, 0.3) is 6.43 Å². The highest BCUT2D eigenvalue weighted by atomic mass is 79.9. The normalized spacial score (nSPS) is 10.9. The van der Waals surface area contributed by atoms with Crippen LogP contribution in [0.4, 0.5) is 8.78 Å². The zero-order valence-electron chi connectivity index (χ0n) is 6.20. The summed E-state index contributed by atoms with van der Waals surface area (Å²) < 4.78 is 25.1. The Morgan fingerprint density at radius 2 is 2.15 bits per heavy atom. The Hall–Kier alpha value is 0.260. The van der Waals surface area contributed by atoms with Crippen LogP contribution in [0.15, 0.2) is 10.7 Å². The highest BCUT2D eigenvalue weighted by molar-refractivity contribution is 9.10. The molecule has 0 radical (unpaired) electrons. The zero-order valence-corrected chi connectivity index (χ0v) is 10.1. The summed E-state index contributed by atoms with van der Waals surface area (Å²) in [7, 11) is 0. The average molecular weight is 335 g/mol. The largest absolute Gasteiger partial charge is 0.280 e. The van der Waals surface area contributed by atoms with E-state index < -0.39 is 6.43 Å². The predicted octanol–water partition coefficient (Wildman–Crippen LogP) is 4.33. The molecule has 6 heteroatoms. The molecule has 13 heavy (non-hydrogen) atoms. The Morgan fingerprint density at radius 1 is 1.54 bits per heavy atom. The average Bonchev–Trinajstić information content (AvgIpc) is 2.02. The van der Waals surface area contributed by atoms with Crippen LogP contribution < -0.4 is 0 Å². The number of hydrogen-bond acceptors (Lipinski definition) is 1. The van der Waals surface area contributed by atoms with E-state index in [-0.39, 0.29) is 16.0 Å². The number of alkyl halides is 3. The lowest BCUT2D eigenvalue weighted by Gasteiger charge is -2.07. The molecule has 0 aliphatic rings. The van der Waals surface area contributed by atoms with E-state index >= 15 is 0 Å². The summed E-state index contributed by atoms with van der Waals surface area (Å²) in [5, 5.41) is 0.556. The van der Waals surface area contributed by atoms with Gasteiger partial charge < -0.3 is 0 Å². The van der Waals surface area contributed by atoms with Gasteiger partial charge >= 0.3 is 0 Å². The van der Waals surface area contributed by atoms with Gasteiger partial charge in [0.15, 0.2) is 0 Å². The van der Waals surface area contributed by atoms with Crippen molar-refractivity contribution in [1.29, 1.82) is 0 Å². The van der Waals surface area contributed by atoms with E-state index in [9.17, 15) is 8.78 Å². The second-order valence-corrected chi connectivity index (χ2v) is 4.01. The maximum absolute atomic E-state index is 12.4. The summed E-state index contributed by atoms with van der Waals surface area (Å²) in [5.41, 5.74) is 0.0520. The number of pyridine rings is 1. The number of nitrogens with zero attached hydrogens (tertiary/aromatic N) is 1.